The van der Waals surface area contributed by atoms with Crippen molar-refractivity contribution in [3.05, 3.63) is 52.8 Å². The minimum Gasteiger partial charge on any atom is -0.478 e. The summed E-state index contributed by atoms with van der Waals surface area (Å²) >= 11 is 5.92. The zero-order valence-corrected chi connectivity index (χ0v) is 9.90. The maximum Gasteiger partial charge on any atom is 0.337 e. The van der Waals surface area contributed by atoms with Crippen molar-refractivity contribution < 1.29 is 9.90 Å². The van der Waals surface area contributed by atoms with E-state index in [-0.39, 0.29) is 10.6 Å². The van der Waals surface area contributed by atoms with Gasteiger partial charge in [-0.25, -0.2) is 4.79 Å². The largest absolute Gasteiger partial charge is 0.478 e. The summed E-state index contributed by atoms with van der Waals surface area (Å²) in [6, 6.07) is 4.82. The van der Waals surface area contributed by atoms with E-state index in [4.69, 9.17) is 16.7 Å². The van der Waals surface area contributed by atoms with Crippen LogP contribution in [0.1, 0.15) is 17.3 Å². The van der Waals surface area contributed by atoms with Crippen LogP contribution in [0.5, 0.6) is 0 Å². The number of benzene rings is 1. The molecule has 17 heavy (non-hydrogen) atoms. The molecule has 0 aromatic heterocycles. The molecule has 0 bridgehead atoms. The quantitative estimate of drug-likeness (QED) is 0.848. The first-order valence-corrected chi connectivity index (χ1v) is 5.40. The van der Waals surface area contributed by atoms with Gasteiger partial charge >= 0.3 is 5.97 Å². The van der Waals surface area contributed by atoms with E-state index in [0.29, 0.717) is 0 Å². The number of carboxylic acid groups (broad SMARTS) is 1. The van der Waals surface area contributed by atoms with E-state index in [2.05, 4.69) is 5.43 Å². The summed E-state index contributed by atoms with van der Waals surface area (Å²) in [6.45, 7) is 1.94. The lowest BCUT2D eigenvalue weighted by Crippen LogP contribution is -2.34. The second-order valence-corrected chi connectivity index (χ2v) is 4.01. The molecular formula is C12H11ClN2O2. The van der Waals surface area contributed by atoms with Gasteiger partial charge in [-0.2, -0.15) is 0 Å². The van der Waals surface area contributed by atoms with Crippen LogP contribution in [0.2, 0.25) is 5.02 Å². The van der Waals surface area contributed by atoms with Crippen molar-refractivity contribution in [3.8, 4) is 0 Å². The van der Waals surface area contributed by atoms with Crippen LogP contribution in [0.4, 0.5) is 5.69 Å². The Bertz CT molecular complexity index is 523. The summed E-state index contributed by atoms with van der Waals surface area (Å²) in [6.07, 6.45) is 5.61. The van der Waals surface area contributed by atoms with Crippen molar-refractivity contribution in [3.63, 3.8) is 0 Å². The molecule has 0 saturated carbocycles. The van der Waals surface area contributed by atoms with Gasteiger partial charge in [0.05, 0.1) is 16.3 Å². The number of anilines is 1. The van der Waals surface area contributed by atoms with Gasteiger partial charge < -0.3 is 10.5 Å². The fourth-order valence-corrected chi connectivity index (χ4v) is 1.83. The Balaban J connectivity index is 2.35. The maximum atomic E-state index is 10.8. The summed E-state index contributed by atoms with van der Waals surface area (Å²) in [5, 5.41) is 10.9. The van der Waals surface area contributed by atoms with E-state index in [1.807, 2.05) is 24.1 Å². The van der Waals surface area contributed by atoms with Gasteiger partial charge in [0.1, 0.15) is 0 Å². The highest BCUT2D eigenvalue weighted by Gasteiger charge is 2.13. The summed E-state index contributed by atoms with van der Waals surface area (Å²) in [7, 11) is 0. The van der Waals surface area contributed by atoms with Crippen molar-refractivity contribution in [2.45, 2.75) is 6.92 Å². The highest BCUT2D eigenvalue weighted by Crippen LogP contribution is 2.25. The summed E-state index contributed by atoms with van der Waals surface area (Å²) in [5.41, 5.74) is 4.92. The van der Waals surface area contributed by atoms with Crippen molar-refractivity contribution in [2.75, 3.05) is 5.01 Å². The molecule has 4 nitrogen and oxygen atoms in total. The molecule has 1 aliphatic rings. The van der Waals surface area contributed by atoms with Gasteiger partial charge in [0, 0.05) is 11.9 Å². The van der Waals surface area contributed by atoms with Gasteiger partial charge in [0.25, 0.3) is 0 Å². The number of hydrogen-bond acceptors (Lipinski definition) is 3. The van der Waals surface area contributed by atoms with Crippen LogP contribution in [-0.4, -0.2) is 11.1 Å². The zero-order valence-electron chi connectivity index (χ0n) is 9.14. The molecule has 0 atom stereocenters. The molecule has 0 saturated heterocycles. The number of hydrogen-bond donors (Lipinski definition) is 2. The van der Waals surface area contributed by atoms with E-state index in [9.17, 15) is 4.79 Å². The Hall–Kier alpha value is -1.94. The molecule has 0 amide bonds. The van der Waals surface area contributed by atoms with Crippen LogP contribution >= 0.6 is 11.6 Å². The number of allylic oxidation sites excluding steroid dienone is 3. The van der Waals surface area contributed by atoms with Crippen molar-refractivity contribution >= 4 is 23.3 Å². The predicted molar refractivity (Wildman–Crippen MR) is 66.9 cm³/mol. The third-order valence-electron chi connectivity index (χ3n) is 2.43. The Morgan fingerprint density at radius 2 is 2.24 bits per heavy atom. The third kappa shape index (κ3) is 2.26. The van der Waals surface area contributed by atoms with Crippen LogP contribution in [0.15, 0.2) is 42.2 Å². The Kier molecular flexibility index (Phi) is 3.06. The number of halogens is 1. The first-order valence-electron chi connectivity index (χ1n) is 5.02. The summed E-state index contributed by atoms with van der Waals surface area (Å²) in [5.74, 6) is -1.03. The normalized spacial score (nSPS) is 14.2. The first kappa shape index (κ1) is 11.5. The number of aromatic carboxylic acids is 1. The van der Waals surface area contributed by atoms with Crippen LogP contribution < -0.4 is 10.4 Å². The molecule has 0 aliphatic carbocycles. The highest BCUT2D eigenvalue weighted by atomic mass is 35.5. The average molecular weight is 251 g/mol. The molecule has 0 radical (unpaired) electrons. The van der Waals surface area contributed by atoms with E-state index in [1.54, 1.807) is 18.3 Å². The minimum atomic E-state index is -1.03. The number of nitrogens with zero attached hydrogens (tertiary/aromatic N) is 1. The zero-order chi connectivity index (χ0) is 12.4. The van der Waals surface area contributed by atoms with Gasteiger partial charge in [-0.15, -0.1) is 0 Å². The number of rotatable bonds is 2. The van der Waals surface area contributed by atoms with Crippen LogP contribution in [0.3, 0.4) is 0 Å². The molecule has 2 rings (SSSR count). The maximum absolute atomic E-state index is 10.8. The fraction of sp³-hybridized carbons (Fsp3) is 0.0833. The van der Waals surface area contributed by atoms with Crippen molar-refractivity contribution in [2.24, 2.45) is 0 Å². The van der Waals surface area contributed by atoms with Gasteiger partial charge in [-0.3, -0.25) is 5.01 Å². The van der Waals surface area contributed by atoms with Crippen molar-refractivity contribution in [1.82, 2.24) is 5.43 Å². The molecule has 0 spiro atoms. The van der Waals surface area contributed by atoms with E-state index < -0.39 is 5.97 Å². The topological polar surface area (TPSA) is 52.6 Å². The lowest BCUT2D eigenvalue weighted by Gasteiger charge is -2.27. The van der Waals surface area contributed by atoms with Crippen LogP contribution in [0, 0.1) is 0 Å². The first-order chi connectivity index (χ1) is 8.09. The SMILES string of the molecule is CC1=CC=CNN1c1ccc(C(=O)O)c(Cl)c1. The number of nitrogens with one attached hydrogen (secondary N) is 1. The van der Waals surface area contributed by atoms with Crippen LogP contribution in [-0.2, 0) is 0 Å². The fourth-order valence-electron chi connectivity index (χ4n) is 1.58. The highest BCUT2D eigenvalue weighted by molar-refractivity contribution is 6.33. The average Bonchev–Trinajstić information content (AvgIpc) is 2.29. The molecule has 1 heterocycles. The van der Waals surface area contributed by atoms with E-state index in [0.717, 1.165) is 11.4 Å². The monoisotopic (exact) mass is 250 g/mol. The predicted octanol–water partition coefficient (Wildman–Crippen LogP) is 2.78. The van der Waals surface area contributed by atoms with Gasteiger partial charge in [0.15, 0.2) is 0 Å². The Morgan fingerprint density at radius 3 is 2.82 bits per heavy atom. The number of hydrazine groups is 1. The third-order valence-corrected chi connectivity index (χ3v) is 2.74. The lowest BCUT2D eigenvalue weighted by molar-refractivity contribution is 0.0697. The Labute approximate surface area is 104 Å². The number of carbonyl (C=O) groups is 1. The van der Waals surface area contributed by atoms with E-state index >= 15 is 0 Å². The van der Waals surface area contributed by atoms with Crippen molar-refractivity contribution in [1.29, 1.82) is 0 Å². The second kappa shape index (κ2) is 4.51. The molecule has 2 N–H and O–H groups in total. The number of carboxylic acids is 1. The Morgan fingerprint density at radius 1 is 1.47 bits per heavy atom. The van der Waals surface area contributed by atoms with E-state index in [1.165, 1.54) is 6.07 Å². The molecule has 5 heteroatoms. The van der Waals surface area contributed by atoms with Gasteiger partial charge in [0.2, 0.25) is 0 Å². The molecule has 0 unspecified atom stereocenters. The van der Waals surface area contributed by atoms with Gasteiger partial charge in [-0.05, 0) is 37.3 Å². The second-order valence-electron chi connectivity index (χ2n) is 3.60. The standard InChI is InChI=1S/C12H11ClN2O2/c1-8-3-2-6-14-15(8)9-4-5-10(12(16)17)11(13)7-9/h2-7,14H,1H3,(H,16,17). The van der Waals surface area contributed by atoms with Gasteiger partial charge in [-0.1, -0.05) is 11.6 Å². The molecule has 1 aliphatic heterocycles. The smallest absolute Gasteiger partial charge is 0.337 e. The molecular weight excluding hydrogens is 240 g/mol. The lowest BCUT2D eigenvalue weighted by atomic mass is 10.2. The minimum absolute atomic E-state index is 0.101. The van der Waals surface area contributed by atoms with Crippen LogP contribution in [0.25, 0.3) is 0 Å². The molecule has 0 fully saturated rings. The summed E-state index contributed by atoms with van der Waals surface area (Å²) < 4.78 is 0. The molecule has 1 aromatic rings. The molecule has 88 valence electrons. The molecule has 1 aromatic carbocycles. The summed E-state index contributed by atoms with van der Waals surface area (Å²) in [4.78, 5) is 10.8.